The average Bonchev–Trinajstić information content (AvgIpc) is 3.59. The Morgan fingerprint density at radius 1 is 0.359 bits per heavy atom. The second-order valence-electron chi connectivity index (χ2n) is 22.4. The van der Waals surface area contributed by atoms with E-state index in [1.165, 1.54) is 127 Å². The van der Waals surface area contributed by atoms with Gasteiger partial charge in [0.2, 0.25) is 0 Å². The molecule has 0 aliphatic heterocycles. The molecule has 7 aromatic carbocycles. The van der Waals surface area contributed by atoms with Crippen molar-refractivity contribution in [1.82, 2.24) is 0 Å². The molecule has 1 heteroatoms. The van der Waals surface area contributed by atoms with Crippen LogP contribution in [0.1, 0.15) is 150 Å². The molecule has 0 heterocycles. The minimum Gasteiger partial charge on any atom is -0.309 e. The summed E-state index contributed by atoms with van der Waals surface area (Å²) in [7, 11) is 0. The molecule has 0 aromatic heterocycles. The van der Waals surface area contributed by atoms with E-state index in [1.807, 2.05) is 0 Å². The van der Waals surface area contributed by atoms with Crippen LogP contribution in [-0.4, -0.2) is 0 Å². The van der Waals surface area contributed by atoms with Gasteiger partial charge in [-0.2, -0.15) is 0 Å². The zero-order chi connectivity index (χ0) is 44.2. The van der Waals surface area contributed by atoms with Crippen molar-refractivity contribution in [3.63, 3.8) is 0 Å². The van der Waals surface area contributed by atoms with Gasteiger partial charge in [0.15, 0.2) is 0 Å². The summed E-state index contributed by atoms with van der Waals surface area (Å²) in [5, 5.41) is 0. The zero-order valence-corrected chi connectivity index (χ0v) is 39.5. The lowest BCUT2D eigenvalue weighted by Crippen LogP contribution is -2.37. The molecule has 0 saturated carbocycles. The van der Waals surface area contributed by atoms with Crippen molar-refractivity contribution in [3.8, 4) is 22.3 Å². The molecule has 1 nitrogen and oxygen atoms in total. The van der Waals surface area contributed by atoms with Gasteiger partial charge < -0.3 is 4.90 Å². The normalized spacial score (nSPS) is 19.1. The van der Waals surface area contributed by atoms with Crippen molar-refractivity contribution in [2.75, 3.05) is 4.90 Å². The van der Waals surface area contributed by atoms with Crippen LogP contribution in [0.2, 0.25) is 0 Å². The number of nitrogens with zero attached hydrogens (tertiary/aromatic N) is 1. The summed E-state index contributed by atoms with van der Waals surface area (Å²) in [6.07, 6.45) is 9.48. The molecule has 7 aromatic rings. The minimum atomic E-state index is -0.530. The Morgan fingerprint density at radius 2 is 0.859 bits per heavy atom. The van der Waals surface area contributed by atoms with Gasteiger partial charge in [-0.25, -0.2) is 0 Å². The fourth-order valence-corrected chi connectivity index (χ4v) is 13.0. The molecule has 0 bridgehead atoms. The summed E-state index contributed by atoms with van der Waals surface area (Å²) in [6, 6.07) is 59.4. The molecule has 4 aliphatic rings. The van der Waals surface area contributed by atoms with E-state index in [-0.39, 0.29) is 21.7 Å². The van der Waals surface area contributed by atoms with Crippen molar-refractivity contribution in [2.24, 2.45) is 0 Å². The lowest BCUT2D eigenvalue weighted by atomic mass is 9.62. The summed E-state index contributed by atoms with van der Waals surface area (Å²) in [6.45, 7) is 19.9. The van der Waals surface area contributed by atoms with Gasteiger partial charge >= 0.3 is 0 Å². The van der Waals surface area contributed by atoms with Crippen molar-refractivity contribution in [1.29, 1.82) is 0 Å². The summed E-state index contributed by atoms with van der Waals surface area (Å²) in [5.74, 6) is 0. The van der Waals surface area contributed by atoms with E-state index in [1.54, 1.807) is 0 Å². The third-order valence-electron chi connectivity index (χ3n) is 16.6. The highest BCUT2D eigenvalue weighted by Gasteiger charge is 2.48. The number of fused-ring (bicyclic) bond motifs is 6. The molecule has 64 heavy (non-hydrogen) atoms. The maximum atomic E-state index is 2.79. The Balaban J connectivity index is 1.33. The van der Waals surface area contributed by atoms with E-state index in [9.17, 15) is 0 Å². The van der Waals surface area contributed by atoms with E-state index in [4.69, 9.17) is 0 Å². The Kier molecular flexibility index (Phi) is 9.42. The highest BCUT2D eigenvalue weighted by atomic mass is 15.2. The van der Waals surface area contributed by atoms with Gasteiger partial charge in [-0.15, -0.1) is 0 Å². The quantitative estimate of drug-likeness (QED) is 0.161. The molecule has 0 amide bonds. The standard InChI is InChI=1S/C63H65N/c1-59(2)35-37-61(5,6)57-51(59)29-19-31-54(57)64(55-32-20-30-52-58(55)62(7,8)38-36-60(52,3)4)56-41-53-49(40-48(56)44-34-33-42-21-15-16-22-43(42)39-44)47-27-17-18-28-50(47)63(53,45-23-11-9-12-24-45)46-25-13-10-14-26-46/h9-14,17-20,23-34,39-41H,15-16,21-22,35-38H2,1-8H3. The molecule has 0 radical (unpaired) electrons. The van der Waals surface area contributed by atoms with E-state index in [0.29, 0.717) is 0 Å². The number of aryl methyl sites for hydroxylation is 2. The maximum absolute atomic E-state index is 2.79. The fraction of sp³-hybridized carbons (Fsp3) is 0.333. The first-order valence-corrected chi connectivity index (χ1v) is 24.3. The minimum absolute atomic E-state index is 0.0277. The first-order chi connectivity index (χ1) is 30.7. The summed E-state index contributed by atoms with van der Waals surface area (Å²) < 4.78 is 0. The van der Waals surface area contributed by atoms with Crippen LogP contribution in [0.15, 0.2) is 152 Å². The first-order valence-electron chi connectivity index (χ1n) is 24.3. The van der Waals surface area contributed by atoms with Crippen LogP contribution >= 0.6 is 0 Å². The molecule has 0 atom stereocenters. The van der Waals surface area contributed by atoms with Gasteiger partial charge in [0.1, 0.15) is 0 Å². The SMILES string of the molecule is CC1(C)CCC(C)(C)c2c(N(c3cc4c(cc3-c3ccc5c(c3)CCCC5)-c3ccccc3C4(c3ccccc3)c3ccccc3)c3cccc4c3C(C)(C)CCC4(C)C)cccc21. The maximum Gasteiger partial charge on any atom is 0.0714 e. The number of benzene rings is 7. The van der Waals surface area contributed by atoms with E-state index >= 15 is 0 Å². The van der Waals surface area contributed by atoms with Gasteiger partial charge in [-0.05, 0) is 170 Å². The molecule has 0 fully saturated rings. The number of hydrogen-bond donors (Lipinski definition) is 0. The number of anilines is 3. The molecule has 0 unspecified atom stereocenters. The summed E-state index contributed by atoms with van der Waals surface area (Å²) in [5.41, 5.74) is 23.0. The van der Waals surface area contributed by atoms with Crippen molar-refractivity contribution < 1.29 is 0 Å². The van der Waals surface area contributed by atoms with Gasteiger partial charge in [0.05, 0.1) is 22.5 Å². The molecular weight excluding hydrogens is 771 g/mol. The fourth-order valence-electron chi connectivity index (χ4n) is 13.0. The topological polar surface area (TPSA) is 3.24 Å². The molecule has 0 spiro atoms. The van der Waals surface area contributed by atoms with Crippen LogP contribution in [0.5, 0.6) is 0 Å². The first kappa shape index (κ1) is 41.1. The van der Waals surface area contributed by atoms with Crippen LogP contribution in [0.4, 0.5) is 17.1 Å². The molecular formula is C63H65N. The molecule has 4 aliphatic carbocycles. The highest BCUT2D eigenvalue weighted by molar-refractivity contribution is 5.98. The predicted octanol–water partition coefficient (Wildman–Crippen LogP) is 16.8. The van der Waals surface area contributed by atoms with Gasteiger partial charge in [-0.3, -0.25) is 0 Å². The largest absolute Gasteiger partial charge is 0.309 e. The summed E-state index contributed by atoms with van der Waals surface area (Å²) in [4.78, 5) is 2.79. The van der Waals surface area contributed by atoms with Gasteiger partial charge in [0.25, 0.3) is 0 Å². The lowest BCUT2D eigenvalue weighted by Gasteiger charge is -2.47. The average molecular weight is 836 g/mol. The smallest absolute Gasteiger partial charge is 0.0714 e. The van der Waals surface area contributed by atoms with Crippen LogP contribution in [0.25, 0.3) is 22.3 Å². The van der Waals surface area contributed by atoms with Crippen molar-refractivity contribution in [2.45, 2.75) is 134 Å². The molecule has 0 N–H and O–H groups in total. The molecule has 11 rings (SSSR count). The third-order valence-corrected chi connectivity index (χ3v) is 16.6. The van der Waals surface area contributed by atoms with Gasteiger partial charge in [-0.1, -0.05) is 183 Å². The number of hydrogen-bond acceptors (Lipinski definition) is 1. The van der Waals surface area contributed by atoms with Crippen LogP contribution in [0, 0.1) is 0 Å². The van der Waals surface area contributed by atoms with Crippen LogP contribution in [-0.2, 0) is 39.9 Å². The number of rotatable bonds is 6. The van der Waals surface area contributed by atoms with Crippen molar-refractivity contribution in [3.05, 3.63) is 207 Å². The van der Waals surface area contributed by atoms with Gasteiger partial charge in [0, 0.05) is 5.56 Å². The zero-order valence-electron chi connectivity index (χ0n) is 39.5. The Hall–Kier alpha value is -5.66. The predicted molar refractivity (Wildman–Crippen MR) is 271 cm³/mol. The van der Waals surface area contributed by atoms with E-state index in [0.717, 1.165) is 19.3 Å². The Labute approximate surface area is 383 Å². The van der Waals surface area contributed by atoms with Crippen LogP contribution in [0.3, 0.4) is 0 Å². The summed E-state index contributed by atoms with van der Waals surface area (Å²) >= 11 is 0. The van der Waals surface area contributed by atoms with Crippen LogP contribution < -0.4 is 4.90 Å². The molecule has 322 valence electrons. The van der Waals surface area contributed by atoms with Crippen molar-refractivity contribution >= 4 is 17.1 Å². The second-order valence-corrected chi connectivity index (χ2v) is 22.4. The lowest BCUT2D eigenvalue weighted by molar-refractivity contribution is 0.331. The third kappa shape index (κ3) is 6.16. The second kappa shape index (κ2) is 14.7. The Morgan fingerprint density at radius 3 is 1.44 bits per heavy atom. The highest BCUT2D eigenvalue weighted by Crippen LogP contribution is 2.61. The Bertz CT molecular complexity index is 2820. The molecule has 0 saturated heterocycles. The monoisotopic (exact) mass is 836 g/mol. The van der Waals surface area contributed by atoms with E-state index < -0.39 is 5.41 Å². The van der Waals surface area contributed by atoms with E-state index in [2.05, 4.69) is 212 Å².